The summed E-state index contributed by atoms with van der Waals surface area (Å²) in [6, 6.07) is 13.4. The number of halogens is 2. The number of hydrogen-bond donors (Lipinski definition) is 0. The van der Waals surface area contributed by atoms with Gasteiger partial charge < -0.3 is 4.74 Å². The van der Waals surface area contributed by atoms with Gasteiger partial charge in [0, 0.05) is 15.9 Å². The third-order valence-electron chi connectivity index (χ3n) is 2.89. The van der Waals surface area contributed by atoms with Gasteiger partial charge in [-0.2, -0.15) is 0 Å². The van der Waals surface area contributed by atoms with Gasteiger partial charge in [-0.1, -0.05) is 57.9 Å². The molecular weight excluding hydrogens is 340 g/mol. The van der Waals surface area contributed by atoms with E-state index < -0.39 is 0 Å². The summed E-state index contributed by atoms with van der Waals surface area (Å²) in [6.45, 7) is 2.13. The molecule has 0 aliphatic carbocycles. The summed E-state index contributed by atoms with van der Waals surface area (Å²) in [5.74, 6) is -0.351. The fourth-order valence-corrected chi connectivity index (χ4v) is 2.82. The highest BCUT2D eigenvalue weighted by Crippen LogP contribution is 2.34. The SMILES string of the molecule is CCOC(=O)c1cc(Cl)c(-c2ccccc2)c(CBr)c1. The van der Waals surface area contributed by atoms with Crippen LogP contribution in [0.25, 0.3) is 11.1 Å². The van der Waals surface area contributed by atoms with E-state index >= 15 is 0 Å². The Bertz CT molecular complexity index is 611. The van der Waals surface area contributed by atoms with Crippen LogP contribution in [0.5, 0.6) is 0 Å². The molecule has 0 atom stereocenters. The van der Waals surface area contributed by atoms with Crippen LogP contribution >= 0.6 is 27.5 Å². The van der Waals surface area contributed by atoms with Crippen molar-refractivity contribution in [3.05, 3.63) is 58.6 Å². The Morgan fingerprint density at radius 1 is 1.25 bits per heavy atom. The average molecular weight is 354 g/mol. The molecule has 0 saturated carbocycles. The predicted molar refractivity (Wildman–Crippen MR) is 85.5 cm³/mol. The van der Waals surface area contributed by atoms with Crippen molar-refractivity contribution in [2.24, 2.45) is 0 Å². The first-order valence-electron chi connectivity index (χ1n) is 6.28. The molecule has 0 spiro atoms. The molecule has 0 saturated heterocycles. The first-order valence-corrected chi connectivity index (χ1v) is 7.78. The second-order valence-corrected chi connectivity index (χ2v) is 5.18. The van der Waals surface area contributed by atoms with Crippen LogP contribution in [0.1, 0.15) is 22.8 Å². The van der Waals surface area contributed by atoms with Crippen LogP contribution < -0.4 is 0 Å². The van der Waals surface area contributed by atoms with Crippen LogP contribution in [0.15, 0.2) is 42.5 Å². The minimum absolute atomic E-state index is 0.348. The number of carbonyl (C=O) groups excluding carboxylic acids is 1. The van der Waals surface area contributed by atoms with E-state index in [-0.39, 0.29) is 5.97 Å². The lowest BCUT2D eigenvalue weighted by Gasteiger charge is -2.12. The van der Waals surface area contributed by atoms with E-state index in [2.05, 4.69) is 15.9 Å². The number of esters is 1. The maximum atomic E-state index is 11.8. The number of hydrogen-bond acceptors (Lipinski definition) is 2. The third kappa shape index (κ3) is 3.22. The van der Waals surface area contributed by atoms with E-state index in [4.69, 9.17) is 16.3 Å². The van der Waals surface area contributed by atoms with Gasteiger partial charge in [0.25, 0.3) is 0 Å². The fourth-order valence-electron chi connectivity index (χ4n) is 2.03. The highest BCUT2D eigenvalue weighted by molar-refractivity contribution is 9.08. The number of ether oxygens (including phenoxy) is 1. The first kappa shape index (κ1) is 15.1. The van der Waals surface area contributed by atoms with E-state index in [1.54, 1.807) is 13.0 Å². The summed E-state index contributed by atoms with van der Waals surface area (Å²) in [4.78, 5) is 11.8. The Morgan fingerprint density at radius 3 is 2.55 bits per heavy atom. The van der Waals surface area contributed by atoms with Crippen LogP contribution in [0.3, 0.4) is 0 Å². The van der Waals surface area contributed by atoms with Crippen LogP contribution in [0.4, 0.5) is 0 Å². The molecule has 0 aromatic heterocycles. The van der Waals surface area contributed by atoms with Gasteiger partial charge in [0.15, 0.2) is 0 Å². The Labute approximate surface area is 131 Å². The first-order chi connectivity index (χ1) is 9.67. The summed E-state index contributed by atoms with van der Waals surface area (Å²) < 4.78 is 5.02. The lowest BCUT2D eigenvalue weighted by Crippen LogP contribution is -2.05. The third-order valence-corrected chi connectivity index (χ3v) is 3.79. The smallest absolute Gasteiger partial charge is 0.338 e. The van der Waals surface area contributed by atoms with E-state index in [1.807, 2.05) is 36.4 Å². The van der Waals surface area contributed by atoms with Crippen LogP contribution in [0.2, 0.25) is 5.02 Å². The molecule has 0 N–H and O–H groups in total. The molecule has 2 nitrogen and oxygen atoms in total. The quantitative estimate of drug-likeness (QED) is 0.566. The molecule has 0 aliphatic heterocycles. The minimum Gasteiger partial charge on any atom is -0.462 e. The van der Waals surface area contributed by atoms with Crippen molar-refractivity contribution in [1.82, 2.24) is 0 Å². The monoisotopic (exact) mass is 352 g/mol. The molecule has 104 valence electrons. The van der Waals surface area contributed by atoms with E-state index in [0.29, 0.717) is 22.5 Å². The molecule has 0 amide bonds. The second-order valence-electron chi connectivity index (χ2n) is 4.21. The number of alkyl halides is 1. The van der Waals surface area contributed by atoms with Gasteiger partial charge in [0.2, 0.25) is 0 Å². The highest BCUT2D eigenvalue weighted by Gasteiger charge is 2.15. The Kier molecular flexibility index (Phi) is 5.21. The Balaban J connectivity index is 2.52. The molecule has 0 aliphatic rings. The van der Waals surface area contributed by atoms with Gasteiger partial charge in [-0.3, -0.25) is 0 Å². The molecule has 0 bridgehead atoms. The number of benzene rings is 2. The fraction of sp³-hybridized carbons (Fsp3) is 0.188. The van der Waals surface area contributed by atoms with Crippen molar-refractivity contribution < 1.29 is 9.53 Å². The molecule has 4 heteroatoms. The standard InChI is InChI=1S/C16H14BrClO2/c1-2-20-16(19)12-8-13(10-17)15(14(18)9-12)11-6-4-3-5-7-11/h3-9H,2,10H2,1H3. The summed E-state index contributed by atoms with van der Waals surface area (Å²) in [7, 11) is 0. The van der Waals surface area contributed by atoms with Gasteiger partial charge >= 0.3 is 5.97 Å². The zero-order valence-electron chi connectivity index (χ0n) is 11.0. The topological polar surface area (TPSA) is 26.3 Å². The van der Waals surface area contributed by atoms with Crippen molar-refractivity contribution in [3.63, 3.8) is 0 Å². The van der Waals surface area contributed by atoms with Gasteiger partial charge in [0.05, 0.1) is 12.2 Å². The molecule has 20 heavy (non-hydrogen) atoms. The molecule has 2 rings (SSSR count). The molecule has 0 radical (unpaired) electrons. The molecule has 0 unspecified atom stereocenters. The normalized spacial score (nSPS) is 10.3. The van der Waals surface area contributed by atoms with Gasteiger partial charge in [-0.05, 0) is 30.2 Å². The Hall–Kier alpha value is -1.32. The van der Waals surface area contributed by atoms with E-state index in [0.717, 1.165) is 16.7 Å². The van der Waals surface area contributed by atoms with Crippen molar-refractivity contribution in [2.45, 2.75) is 12.3 Å². The zero-order chi connectivity index (χ0) is 14.5. The van der Waals surface area contributed by atoms with Crippen molar-refractivity contribution >= 4 is 33.5 Å². The zero-order valence-corrected chi connectivity index (χ0v) is 13.4. The van der Waals surface area contributed by atoms with Crippen molar-refractivity contribution in [2.75, 3.05) is 6.61 Å². The minimum atomic E-state index is -0.351. The lowest BCUT2D eigenvalue weighted by molar-refractivity contribution is 0.0526. The maximum Gasteiger partial charge on any atom is 0.338 e. The van der Waals surface area contributed by atoms with E-state index in [9.17, 15) is 4.79 Å². The van der Waals surface area contributed by atoms with Crippen molar-refractivity contribution in [1.29, 1.82) is 0 Å². The summed E-state index contributed by atoms with van der Waals surface area (Å²) in [6.07, 6.45) is 0. The molecule has 2 aromatic carbocycles. The summed E-state index contributed by atoms with van der Waals surface area (Å²) >= 11 is 9.81. The second kappa shape index (κ2) is 6.91. The largest absolute Gasteiger partial charge is 0.462 e. The molecule has 2 aromatic rings. The Morgan fingerprint density at radius 2 is 1.95 bits per heavy atom. The highest BCUT2D eigenvalue weighted by atomic mass is 79.9. The summed E-state index contributed by atoms with van der Waals surface area (Å²) in [5.41, 5.74) is 3.41. The molecule has 0 fully saturated rings. The predicted octanol–water partition coefficient (Wildman–Crippen LogP) is 5.08. The average Bonchev–Trinajstić information content (AvgIpc) is 2.47. The van der Waals surface area contributed by atoms with Crippen LogP contribution in [0, 0.1) is 0 Å². The molecular formula is C16H14BrClO2. The van der Waals surface area contributed by atoms with Gasteiger partial charge in [-0.25, -0.2) is 4.79 Å². The molecule has 0 heterocycles. The lowest BCUT2D eigenvalue weighted by atomic mass is 9.98. The van der Waals surface area contributed by atoms with Gasteiger partial charge in [-0.15, -0.1) is 0 Å². The van der Waals surface area contributed by atoms with Crippen molar-refractivity contribution in [3.8, 4) is 11.1 Å². The van der Waals surface area contributed by atoms with Gasteiger partial charge in [0.1, 0.15) is 0 Å². The summed E-state index contributed by atoms with van der Waals surface area (Å²) in [5, 5.41) is 1.17. The number of carbonyl (C=O) groups is 1. The van der Waals surface area contributed by atoms with Crippen LogP contribution in [-0.2, 0) is 10.1 Å². The maximum absolute atomic E-state index is 11.8. The van der Waals surface area contributed by atoms with Crippen LogP contribution in [-0.4, -0.2) is 12.6 Å². The van der Waals surface area contributed by atoms with E-state index in [1.165, 1.54) is 0 Å². The number of rotatable bonds is 4.